The van der Waals surface area contributed by atoms with Gasteiger partial charge in [0.1, 0.15) is 17.7 Å². The van der Waals surface area contributed by atoms with Gasteiger partial charge in [-0.05, 0) is 37.4 Å². The van der Waals surface area contributed by atoms with Crippen LogP contribution in [0.15, 0.2) is 0 Å². The maximum Gasteiger partial charge on any atom is 0.326 e. The quantitative estimate of drug-likeness (QED) is 0.520. The van der Waals surface area contributed by atoms with E-state index >= 15 is 0 Å². The molecule has 138 valence electrons. The van der Waals surface area contributed by atoms with E-state index in [2.05, 4.69) is 41.5 Å². The van der Waals surface area contributed by atoms with Crippen molar-refractivity contribution in [1.29, 1.82) is 0 Å². The molecule has 0 heterocycles. The second-order valence-corrected chi connectivity index (χ2v) is 13.7. The van der Waals surface area contributed by atoms with Crippen LogP contribution in [0, 0.1) is 0 Å². The highest BCUT2D eigenvalue weighted by molar-refractivity contribution is 6.77. The molecule has 0 unspecified atom stereocenters. The summed E-state index contributed by atoms with van der Waals surface area (Å²) in [5.74, 6) is -0.598. The number of nitrogens with two attached hydrogens (primary N) is 1. The van der Waals surface area contributed by atoms with Crippen molar-refractivity contribution in [3.05, 3.63) is 0 Å². The van der Waals surface area contributed by atoms with Crippen LogP contribution in [-0.2, 0) is 14.0 Å². The molecule has 3 N–H and O–H groups in total. The second kappa shape index (κ2) is 8.60. The normalized spacial score (nSPS) is 16.1. The fourth-order valence-electron chi connectivity index (χ4n) is 3.36. The minimum absolute atomic E-state index is 0.0706. The van der Waals surface area contributed by atoms with Crippen LogP contribution < -0.4 is 5.73 Å². The molecule has 0 aromatic carbocycles. The van der Waals surface area contributed by atoms with Crippen molar-refractivity contribution >= 4 is 14.3 Å². The number of carbonyl (C=O) groups is 1. The average Bonchev–Trinajstić information content (AvgIpc) is 2.34. The first kappa shape index (κ1) is 22.6. The third-order valence-electron chi connectivity index (χ3n) is 4.30. The van der Waals surface area contributed by atoms with E-state index in [1.165, 1.54) is 0 Å². The zero-order chi connectivity index (χ0) is 18.6. The van der Waals surface area contributed by atoms with Gasteiger partial charge < -0.3 is 20.0 Å². The SMILES string of the molecule is CC(C)[Si](OC[C@H](O)[C@H](N)C(=O)OC(C)(C)C)(C(C)C)C(C)C. The molecule has 0 aromatic rings. The summed E-state index contributed by atoms with van der Waals surface area (Å²) in [4.78, 5) is 12.0. The molecular weight excluding hydrogens is 310 g/mol. The first-order valence-corrected chi connectivity index (χ1v) is 10.7. The second-order valence-electron chi connectivity index (χ2n) is 8.26. The van der Waals surface area contributed by atoms with Gasteiger partial charge in [-0.15, -0.1) is 0 Å². The lowest BCUT2D eigenvalue weighted by Gasteiger charge is -2.42. The molecule has 0 spiro atoms. The lowest BCUT2D eigenvalue weighted by Crippen LogP contribution is -2.53. The molecule has 0 rings (SSSR count). The number of aliphatic hydroxyl groups is 1. The van der Waals surface area contributed by atoms with Crippen molar-refractivity contribution in [2.24, 2.45) is 5.73 Å². The van der Waals surface area contributed by atoms with Crippen molar-refractivity contribution in [1.82, 2.24) is 0 Å². The summed E-state index contributed by atoms with van der Waals surface area (Å²) >= 11 is 0. The van der Waals surface area contributed by atoms with E-state index in [0.29, 0.717) is 16.6 Å². The maximum absolute atomic E-state index is 12.0. The number of esters is 1. The van der Waals surface area contributed by atoms with Gasteiger partial charge in [-0.3, -0.25) is 4.79 Å². The summed E-state index contributed by atoms with van der Waals surface area (Å²) in [6, 6.07) is -1.09. The number of rotatable bonds is 8. The van der Waals surface area contributed by atoms with E-state index in [4.69, 9.17) is 14.9 Å². The van der Waals surface area contributed by atoms with E-state index in [0.717, 1.165) is 0 Å². The van der Waals surface area contributed by atoms with Gasteiger partial charge >= 0.3 is 5.97 Å². The van der Waals surface area contributed by atoms with Crippen molar-refractivity contribution in [3.8, 4) is 0 Å². The van der Waals surface area contributed by atoms with Gasteiger partial charge in [0, 0.05) is 0 Å². The molecule has 23 heavy (non-hydrogen) atoms. The van der Waals surface area contributed by atoms with Gasteiger partial charge in [0.05, 0.1) is 6.61 Å². The van der Waals surface area contributed by atoms with E-state index < -0.39 is 32.0 Å². The zero-order valence-corrected chi connectivity index (χ0v) is 17.3. The number of hydrogen-bond acceptors (Lipinski definition) is 5. The van der Waals surface area contributed by atoms with Crippen LogP contribution in [0.2, 0.25) is 16.6 Å². The Morgan fingerprint density at radius 2 is 1.43 bits per heavy atom. The lowest BCUT2D eigenvalue weighted by atomic mass is 10.1. The third kappa shape index (κ3) is 6.18. The van der Waals surface area contributed by atoms with Gasteiger partial charge in [0.15, 0.2) is 8.32 Å². The summed E-state index contributed by atoms with van der Waals surface area (Å²) in [7, 11) is -2.09. The summed E-state index contributed by atoms with van der Waals surface area (Å²) in [5, 5.41) is 10.3. The van der Waals surface area contributed by atoms with Gasteiger partial charge in [-0.25, -0.2) is 0 Å². The van der Waals surface area contributed by atoms with Gasteiger partial charge in [-0.2, -0.15) is 0 Å². The third-order valence-corrected chi connectivity index (χ3v) is 10.4. The minimum Gasteiger partial charge on any atom is -0.459 e. The minimum atomic E-state index is -2.09. The molecule has 0 aliphatic heterocycles. The van der Waals surface area contributed by atoms with Gasteiger partial charge in [-0.1, -0.05) is 41.5 Å². The van der Waals surface area contributed by atoms with Crippen LogP contribution in [-0.4, -0.2) is 43.7 Å². The van der Waals surface area contributed by atoms with E-state index in [9.17, 15) is 9.90 Å². The first-order valence-electron chi connectivity index (χ1n) is 8.56. The average molecular weight is 348 g/mol. The highest BCUT2D eigenvalue weighted by atomic mass is 28.4. The Hall–Kier alpha value is -0.433. The Balaban J connectivity index is 4.95. The number of hydrogen-bond donors (Lipinski definition) is 2. The van der Waals surface area contributed by atoms with Crippen molar-refractivity contribution in [2.45, 2.75) is 96.7 Å². The Morgan fingerprint density at radius 1 is 1.04 bits per heavy atom. The molecule has 5 nitrogen and oxygen atoms in total. The van der Waals surface area contributed by atoms with Crippen LogP contribution in [0.5, 0.6) is 0 Å². The van der Waals surface area contributed by atoms with Crippen molar-refractivity contribution in [2.75, 3.05) is 6.61 Å². The Morgan fingerprint density at radius 3 is 1.74 bits per heavy atom. The summed E-state index contributed by atoms with van der Waals surface area (Å²) in [6.45, 7) is 18.4. The van der Waals surface area contributed by atoms with Crippen LogP contribution in [0.25, 0.3) is 0 Å². The fraction of sp³-hybridized carbons (Fsp3) is 0.941. The predicted octanol–water partition coefficient (Wildman–Crippen LogP) is 3.21. The molecule has 0 aliphatic carbocycles. The van der Waals surface area contributed by atoms with Crippen LogP contribution in [0.4, 0.5) is 0 Å². The molecular formula is C17H37NO4Si. The lowest BCUT2D eigenvalue weighted by molar-refractivity contribution is -0.159. The molecule has 0 aliphatic rings. The molecule has 0 radical (unpaired) electrons. The van der Waals surface area contributed by atoms with Gasteiger partial charge in [0.2, 0.25) is 0 Å². The molecule has 0 saturated heterocycles. The Bertz CT molecular complexity index is 356. The van der Waals surface area contributed by atoms with E-state index in [1.54, 1.807) is 20.8 Å². The summed E-state index contributed by atoms with van der Waals surface area (Å²) in [6.07, 6.45) is -1.06. The first-order chi connectivity index (χ1) is 10.3. The van der Waals surface area contributed by atoms with Crippen molar-refractivity contribution in [3.63, 3.8) is 0 Å². The van der Waals surface area contributed by atoms with E-state index in [1.807, 2.05) is 0 Å². The Labute approximate surface area is 143 Å². The maximum atomic E-state index is 12.0. The highest BCUT2D eigenvalue weighted by Crippen LogP contribution is 2.42. The molecule has 2 atom stereocenters. The number of ether oxygens (including phenoxy) is 1. The van der Waals surface area contributed by atoms with Crippen LogP contribution >= 0.6 is 0 Å². The molecule has 0 amide bonds. The van der Waals surface area contributed by atoms with E-state index in [-0.39, 0.29) is 6.61 Å². The standard InChI is InChI=1S/C17H37NO4Si/c1-11(2)23(12(3)4,13(5)6)21-10-14(19)15(18)16(20)22-17(7,8)9/h11-15,19H,10,18H2,1-9H3/t14-,15-/m0/s1. The fourth-order valence-corrected chi connectivity index (χ4v) is 8.82. The van der Waals surface area contributed by atoms with Crippen molar-refractivity contribution < 1.29 is 19.1 Å². The predicted molar refractivity (Wildman–Crippen MR) is 96.8 cm³/mol. The van der Waals surface area contributed by atoms with Gasteiger partial charge in [0.25, 0.3) is 0 Å². The number of carbonyl (C=O) groups excluding carboxylic acids is 1. The molecule has 0 aromatic heterocycles. The zero-order valence-electron chi connectivity index (χ0n) is 16.3. The summed E-state index contributed by atoms with van der Waals surface area (Å²) in [5.41, 5.74) is 6.44. The molecule has 0 fully saturated rings. The van der Waals surface area contributed by atoms with Crippen LogP contribution in [0.1, 0.15) is 62.3 Å². The monoisotopic (exact) mass is 347 g/mol. The smallest absolute Gasteiger partial charge is 0.326 e. The highest BCUT2D eigenvalue weighted by Gasteiger charge is 2.45. The topological polar surface area (TPSA) is 81.8 Å². The molecule has 0 bridgehead atoms. The Kier molecular flexibility index (Phi) is 8.44. The molecule has 6 heteroatoms. The van der Waals surface area contributed by atoms with Crippen LogP contribution in [0.3, 0.4) is 0 Å². The number of aliphatic hydroxyl groups excluding tert-OH is 1. The molecule has 0 saturated carbocycles. The summed E-state index contributed by atoms with van der Waals surface area (Å²) < 4.78 is 11.5. The largest absolute Gasteiger partial charge is 0.459 e.